The van der Waals surface area contributed by atoms with Gasteiger partial charge in [-0.05, 0) is 24.1 Å². The smallest absolute Gasteiger partial charge is 0.367 e. The topological polar surface area (TPSA) is 24.5 Å². The SMILES string of the molecule is FC(F)(F)C1=CN(c2ccc([C@@H]3O[C@H]4CN[C@@H]3C4)cc2)CC=C1. The van der Waals surface area contributed by atoms with Crippen molar-refractivity contribution in [2.75, 3.05) is 18.0 Å². The van der Waals surface area contributed by atoms with Crippen LogP contribution in [0.5, 0.6) is 0 Å². The molecule has 3 aliphatic heterocycles. The van der Waals surface area contributed by atoms with Gasteiger partial charge in [0.15, 0.2) is 0 Å². The predicted molar refractivity (Wildman–Crippen MR) is 81.1 cm³/mol. The van der Waals surface area contributed by atoms with Crippen molar-refractivity contribution in [2.24, 2.45) is 0 Å². The summed E-state index contributed by atoms with van der Waals surface area (Å²) in [7, 11) is 0. The minimum Gasteiger partial charge on any atom is -0.367 e. The Hall–Kier alpha value is -1.79. The molecule has 1 aromatic carbocycles. The Morgan fingerprint density at radius 3 is 2.57 bits per heavy atom. The average molecular weight is 322 g/mol. The van der Waals surface area contributed by atoms with Crippen molar-refractivity contribution in [3.8, 4) is 0 Å². The lowest BCUT2D eigenvalue weighted by Crippen LogP contribution is -2.34. The number of benzene rings is 1. The van der Waals surface area contributed by atoms with Gasteiger partial charge in [0.1, 0.15) is 0 Å². The van der Waals surface area contributed by atoms with Crippen molar-refractivity contribution in [1.82, 2.24) is 5.32 Å². The van der Waals surface area contributed by atoms with E-state index in [9.17, 15) is 13.2 Å². The zero-order valence-corrected chi connectivity index (χ0v) is 12.4. The van der Waals surface area contributed by atoms with Gasteiger partial charge in [0, 0.05) is 31.0 Å². The van der Waals surface area contributed by atoms with E-state index in [1.165, 1.54) is 6.08 Å². The van der Waals surface area contributed by atoms with E-state index >= 15 is 0 Å². The summed E-state index contributed by atoms with van der Waals surface area (Å²) in [5, 5.41) is 3.43. The molecule has 23 heavy (non-hydrogen) atoms. The van der Waals surface area contributed by atoms with E-state index in [1.54, 1.807) is 4.90 Å². The van der Waals surface area contributed by atoms with Crippen molar-refractivity contribution in [3.63, 3.8) is 0 Å². The molecule has 3 aliphatic rings. The number of halogens is 3. The first kappa shape index (κ1) is 14.8. The average Bonchev–Trinajstić information content (AvgIpc) is 3.17. The van der Waals surface area contributed by atoms with Crippen LogP contribution in [0.25, 0.3) is 0 Å². The van der Waals surface area contributed by atoms with Gasteiger partial charge in [0.25, 0.3) is 0 Å². The molecule has 2 bridgehead atoms. The van der Waals surface area contributed by atoms with Gasteiger partial charge < -0.3 is 15.0 Å². The largest absolute Gasteiger partial charge is 0.417 e. The maximum absolute atomic E-state index is 12.8. The highest BCUT2D eigenvalue weighted by Gasteiger charge is 2.41. The summed E-state index contributed by atoms with van der Waals surface area (Å²) in [6, 6.07) is 7.95. The first-order chi connectivity index (χ1) is 11.0. The molecule has 1 N–H and O–H groups in total. The van der Waals surface area contributed by atoms with Crippen LogP contribution in [-0.2, 0) is 4.74 Å². The molecule has 0 unspecified atom stereocenters. The molecule has 1 aromatic rings. The van der Waals surface area contributed by atoms with Gasteiger partial charge in [-0.3, -0.25) is 0 Å². The second-order valence-electron chi connectivity index (χ2n) is 6.16. The number of ether oxygens (including phenoxy) is 1. The standard InChI is InChI=1S/C17H17F3N2O/c18-17(19,20)12-2-1-7-22(10-12)13-5-3-11(4-6-13)16-15-8-14(23-16)9-21-15/h1-6,10,14-16,21H,7-9H2/t14-,15-,16+/m1/s1. The number of alkyl halides is 3. The van der Waals surface area contributed by atoms with Gasteiger partial charge in [0.05, 0.1) is 17.8 Å². The summed E-state index contributed by atoms with van der Waals surface area (Å²) in [6.45, 7) is 1.34. The van der Waals surface area contributed by atoms with E-state index in [2.05, 4.69) is 5.32 Å². The van der Waals surface area contributed by atoms with Crippen molar-refractivity contribution in [2.45, 2.75) is 30.8 Å². The number of nitrogens with one attached hydrogen (secondary N) is 1. The molecule has 4 rings (SSSR count). The zero-order valence-electron chi connectivity index (χ0n) is 12.4. The molecule has 0 amide bonds. The van der Waals surface area contributed by atoms with Crippen LogP contribution in [0, 0.1) is 0 Å². The van der Waals surface area contributed by atoms with Crippen LogP contribution in [0.2, 0.25) is 0 Å². The number of fused-ring (bicyclic) bond motifs is 2. The number of allylic oxidation sites excluding steroid dienone is 2. The molecule has 3 nitrogen and oxygen atoms in total. The van der Waals surface area contributed by atoms with Gasteiger partial charge in [-0.25, -0.2) is 0 Å². The highest BCUT2D eigenvalue weighted by atomic mass is 19.4. The fourth-order valence-electron chi connectivity index (χ4n) is 3.44. The molecule has 0 radical (unpaired) electrons. The predicted octanol–water partition coefficient (Wildman–Crippen LogP) is 3.31. The number of morpholine rings is 1. The number of anilines is 1. The lowest BCUT2D eigenvalue weighted by molar-refractivity contribution is -0.0885. The molecular formula is C17H17F3N2O. The van der Waals surface area contributed by atoms with E-state index in [4.69, 9.17) is 4.74 Å². The van der Waals surface area contributed by atoms with Gasteiger partial charge in [-0.15, -0.1) is 0 Å². The second kappa shape index (κ2) is 5.39. The van der Waals surface area contributed by atoms with E-state index in [-0.39, 0.29) is 12.2 Å². The van der Waals surface area contributed by atoms with E-state index in [0.717, 1.165) is 36.5 Å². The zero-order chi connectivity index (χ0) is 16.0. The molecule has 6 heteroatoms. The fourth-order valence-corrected chi connectivity index (χ4v) is 3.44. The lowest BCUT2D eigenvalue weighted by Gasteiger charge is -2.26. The highest BCUT2D eigenvalue weighted by Crippen LogP contribution is 2.37. The molecule has 2 saturated heterocycles. The first-order valence-electron chi connectivity index (χ1n) is 7.72. The van der Waals surface area contributed by atoms with Crippen LogP contribution >= 0.6 is 0 Å². The maximum atomic E-state index is 12.8. The summed E-state index contributed by atoms with van der Waals surface area (Å²) >= 11 is 0. The van der Waals surface area contributed by atoms with Crippen LogP contribution in [0.15, 0.2) is 48.2 Å². The quantitative estimate of drug-likeness (QED) is 0.904. The molecule has 3 heterocycles. The Kier molecular flexibility index (Phi) is 3.46. The molecule has 3 atom stereocenters. The third-order valence-corrected chi connectivity index (χ3v) is 4.60. The molecule has 122 valence electrons. The van der Waals surface area contributed by atoms with Crippen molar-refractivity contribution >= 4 is 5.69 Å². The lowest BCUT2D eigenvalue weighted by atomic mass is 10.0. The van der Waals surface area contributed by atoms with Gasteiger partial charge in [0.2, 0.25) is 0 Å². The molecule has 2 fully saturated rings. The van der Waals surface area contributed by atoms with Gasteiger partial charge in [-0.1, -0.05) is 24.3 Å². The minimum atomic E-state index is -4.32. The summed E-state index contributed by atoms with van der Waals surface area (Å²) in [4.78, 5) is 1.60. The number of hydrogen-bond donors (Lipinski definition) is 1. The monoisotopic (exact) mass is 322 g/mol. The molecule has 0 aliphatic carbocycles. The van der Waals surface area contributed by atoms with Crippen LogP contribution < -0.4 is 10.2 Å². The number of nitrogens with zero attached hydrogens (tertiary/aromatic N) is 1. The van der Waals surface area contributed by atoms with Crippen LogP contribution in [-0.4, -0.2) is 31.4 Å². The van der Waals surface area contributed by atoms with Crippen LogP contribution in [0.3, 0.4) is 0 Å². The van der Waals surface area contributed by atoms with Crippen LogP contribution in [0.1, 0.15) is 18.1 Å². The summed E-state index contributed by atoms with van der Waals surface area (Å²) in [5.41, 5.74) is 1.19. The molecule has 0 saturated carbocycles. The van der Waals surface area contributed by atoms with E-state index in [1.807, 2.05) is 24.3 Å². The Labute approximate surface area is 132 Å². The summed E-state index contributed by atoms with van der Waals surface area (Å²) in [5.74, 6) is 0. The van der Waals surface area contributed by atoms with Crippen LogP contribution in [0.4, 0.5) is 18.9 Å². The molecule has 0 aromatic heterocycles. The van der Waals surface area contributed by atoms with Crippen molar-refractivity contribution < 1.29 is 17.9 Å². The molecule has 0 spiro atoms. The molecular weight excluding hydrogens is 305 g/mol. The normalized spacial score (nSPS) is 30.0. The summed E-state index contributed by atoms with van der Waals surface area (Å²) < 4.78 is 44.4. The number of rotatable bonds is 2. The Bertz CT molecular complexity index is 651. The van der Waals surface area contributed by atoms with E-state index in [0.29, 0.717) is 12.6 Å². The third kappa shape index (κ3) is 2.77. The van der Waals surface area contributed by atoms with E-state index < -0.39 is 11.7 Å². The minimum absolute atomic E-state index is 0.0466. The fraction of sp³-hybridized carbons (Fsp3) is 0.412. The maximum Gasteiger partial charge on any atom is 0.417 e. The Morgan fingerprint density at radius 1 is 1.17 bits per heavy atom. The van der Waals surface area contributed by atoms with Gasteiger partial charge in [-0.2, -0.15) is 13.2 Å². The van der Waals surface area contributed by atoms with Crippen molar-refractivity contribution in [1.29, 1.82) is 0 Å². The number of hydrogen-bond acceptors (Lipinski definition) is 3. The summed E-state index contributed by atoms with van der Waals surface area (Å²) in [6.07, 6.45) is 0.849. The first-order valence-corrected chi connectivity index (χ1v) is 7.72. The Morgan fingerprint density at radius 2 is 1.96 bits per heavy atom. The Balaban J connectivity index is 1.52. The third-order valence-electron chi connectivity index (χ3n) is 4.60. The second-order valence-corrected chi connectivity index (χ2v) is 6.16. The highest BCUT2D eigenvalue weighted by molar-refractivity contribution is 5.54. The van der Waals surface area contributed by atoms with Crippen molar-refractivity contribution in [3.05, 3.63) is 53.8 Å². The van der Waals surface area contributed by atoms with Gasteiger partial charge >= 0.3 is 6.18 Å².